The number of nitrogens with zero attached hydrogens (tertiary/aromatic N) is 4. The van der Waals surface area contributed by atoms with Gasteiger partial charge in [-0.25, -0.2) is 0 Å². The molecule has 0 bridgehead atoms. The first-order chi connectivity index (χ1) is 16.2. The molecule has 170 valence electrons. The lowest BCUT2D eigenvalue weighted by molar-refractivity contribution is -0.133. The number of benzene rings is 1. The molecule has 8 nitrogen and oxygen atoms in total. The Hall–Kier alpha value is -3.42. The van der Waals surface area contributed by atoms with Crippen molar-refractivity contribution in [3.05, 3.63) is 47.7 Å². The second kappa shape index (κ2) is 8.17. The molecular weight excluding hydrogens is 420 g/mol. The summed E-state index contributed by atoms with van der Waals surface area (Å²) in [5.41, 5.74) is 1.22. The number of amides is 2. The summed E-state index contributed by atoms with van der Waals surface area (Å²) >= 11 is 0. The van der Waals surface area contributed by atoms with Gasteiger partial charge in [-0.15, -0.1) is 0 Å². The molecule has 0 aromatic heterocycles. The molecule has 2 saturated heterocycles. The van der Waals surface area contributed by atoms with E-state index < -0.39 is 0 Å². The van der Waals surface area contributed by atoms with Gasteiger partial charge in [-0.3, -0.25) is 19.6 Å². The Morgan fingerprint density at radius 3 is 2.70 bits per heavy atom. The topological polar surface area (TPSA) is 83.8 Å². The average Bonchev–Trinajstić information content (AvgIpc) is 3.45. The summed E-state index contributed by atoms with van der Waals surface area (Å²) in [4.78, 5) is 38.7. The van der Waals surface area contributed by atoms with Crippen molar-refractivity contribution in [2.24, 2.45) is 15.9 Å². The molecule has 4 aliphatic heterocycles. The van der Waals surface area contributed by atoms with Gasteiger partial charge in [0, 0.05) is 31.6 Å². The van der Waals surface area contributed by atoms with E-state index in [1.54, 1.807) is 18.2 Å². The fourth-order valence-corrected chi connectivity index (χ4v) is 5.29. The van der Waals surface area contributed by atoms with Crippen molar-refractivity contribution in [2.45, 2.75) is 43.8 Å². The van der Waals surface area contributed by atoms with Crippen LogP contribution in [-0.4, -0.2) is 72.1 Å². The zero-order valence-electron chi connectivity index (χ0n) is 18.3. The molecule has 6 rings (SSSR count). The third-order valence-electron chi connectivity index (χ3n) is 7.07. The minimum atomic E-state index is -0.271. The first-order valence-electron chi connectivity index (χ1n) is 11.7. The lowest BCUT2D eigenvalue weighted by Gasteiger charge is -2.26. The van der Waals surface area contributed by atoms with Crippen LogP contribution in [0.3, 0.4) is 0 Å². The molecule has 1 aromatic carbocycles. The maximum absolute atomic E-state index is 12.9. The van der Waals surface area contributed by atoms with Crippen LogP contribution < -0.4 is 4.74 Å². The molecule has 5 aliphatic rings. The largest absolute Gasteiger partial charge is 0.458 e. The van der Waals surface area contributed by atoms with E-state index in [-0.39, 0.29) is 42.7 Å². The summed E-state index contributed by atoms with van der Waals surface area (Å²) in [5, 5.41) is 0. The maximum Gasteiger partial charge on any atom is 0.256 e. The Morgan fingerprint density at radius 1 is 1.00 bits per heavy atom. The Morgan fingerprint density at radius 2 is 1.82 bits per heavy atom. The van der Waals surface area contributed by atoms with Crippen LogP contribution in [-0.2, 0) is 9.53 Å². The van der Waals surface area contributed by atoms with Gasteiger partial charge < -0.3 is 19.3 Å². The van der Waals surface area contributed by atoms with Crippen molar-refractivity contribution >= 4 is 29.9 Å². The number of hydrogen-bond acceptors (Lipinski definition) is 6. The number of hydrogen-bond donors (Lipinski definition) is 0. The van der Waals surface area contributed by atoms with E-state index in [9.17, 15) is 9.59 Å². The van der Waals surface area contributed by atoms with Gasteiger partial charge in [0.1, 0.15) is 11.5 Å². The highest BCUT2D eigenvalue weighted by molar-refractivity contribution is 6.03. The summed E-state index contributed by atoms with van der Waals surface area (Å²) in [6.07, 6.45) is 13.4. The molecule has 4 atom stereocenters. The molecule has 2 unspecified atom stereocenters. The summed E-state index contributed by atoms with van der Waals surface area (Å²) in [6.45, 7) is 1.59. The Balaban J connectivity index is 1.11. The average molecular weight is 447 g/mol. The van der Waals surface area contributed by atoms with Gasteiger partial charge in [-0.1, -0.05) is 6.08 Å². The van der Waals surface area contributed by atoms with Crippen LogP contribution in [0, 0.1) is 5.92 Å². The monoisotopic (exact) mass is 446 g/mol. The summed E-state index contributed by atoms with van der Waals surface area (Å²) < 4.78 is 11.6. The van der Waals surface area contributed by atoms with E-state index in [0.29, 0.717) is 22.8 Å². The smallest absolute Gasteiger partial charge is 0.256 e. The Bertz CT molecular complexity index is 1110. The van der Waals surface area contributed by atoms with Crippen LogP contribution in [0.4, 0.5) is 5.69 Å². The Kier molecular flexibility index (Phi) is 5.00. The van der Waals surface area contributed by atoms with E-state index in [4.69, 9.17) is 9.47 Å². The van der Waals surface area contributed by atoms with Crippen LogP contribution in [0.2, 0.25) is 0 Å². The molecule has 33 heavy (non-hydrogen) atoms. The SMILES string of the molecule is O=C1c2ccc(OCOC3=CC4N=C[C@@H]5CCCN5C(=O)C4C=C3)cc2N=C[C@@H]2CCCN12. The quantitative estimate of drug-likeness (QED) is 0.666. The van der Waals surface area contributed by atoms with Crippen LogP contribution in [0.15, 0.2) is 52.2 Å². The predicted octanol–water partition coefficient (Wildman–Crippen LogP) is 2.87. The molecule has 1 aromatic rings. The highest BCUT2D eigenvalue weighted by Crippen LogP contribution is 2.32. The van der Waals surface area contributed by atoms with Crippen molar-refractivity contribution in [3.63, 3.8) is 0 Å². The van der Waals surface area contributed by atoms with E-state index in [2.05, 4.69) is 9.98 Å². The normalized spacial score (nSPS) is 29.6. The first-order valence-corrected chi connectivity index (χ1v) is 11.7. The molecule has 0 saturated carbocycles. The number of allylic oxidation sites excluding steroid dienone is 1. The molecule has 2 amide bonds. The number of carbonyl (C=O) groups is 2. The number of ether oxygens (including phenoxy) is 2. The lowest BCUT2D eigenvalue weighted by Crippen LogP contribution is -2.40. The fraction of sp³-hybridized carbons (Fsp3) is 0.440. The van der Waals surface area contributed by atoms with Crippen LogP contribution >= 0.6 is 0 Å². The van der Waals surface area contributed by atoms with Crippen molar-refractivity contribution in [2.75, 3.05) is 19.9 Å². The van der Waals surface area contributed by atoms with Gasteiger partial charge in [0.05, 0.1) is 35.3 Å². The lowest BCUT2D eigenvalue weighted by atomic mass is 9.94. The zero-order chi connectivity index (χ0) is 22.4. The highest BCUT2D eigenvalue weighted by Gasteiger charge is 2.38. The third-order valence-corrected chi connectivity index (χ3v) is 7.07. The fourth-order valence-electron chi connectivity index (χ4n) is 5.29. The van der Waals surface area contributed by atoms with Gasteiger partial charge in [0.15, 0.2) is 0 Å². The minimum absolute atomic E-state index is 0.00513. The van der Waals surface area contributed by atoms with Crippen molar-refractivity contribution in [1.82, 2.24) is 9.80 Å². The second-order valence-electron chi connectivity index (χ2n) is 9.06. The summed E-state index contributed by atoms with van der Waals surface area (Å²) in [6, 6.07) is 5.28. The van der Waals surface area contributed by atoms with Gasteiger partial charge in [0.25, 0.3) is 5.91 Å². The van der Waals surface area contributed by atoms with E-state index in [0.717, 1.165) is 38.8 Å². The number of rotatable bonds is 4. The zero-order valence-corrected chi connectivity index (χ0v) is 18.3. The molecular formula is C25H26N4O4. The van der Waals surface area contributed by atoms with Crippen molar-refractivity contribution in [1.29, 1.82) is 0 Å². The van der Waals surface area contributed by atoms with Gasteiger partial charge in [0.2, 0.25) is 12.7 Å². The molecule has 0 radical (unpaired) electrons. The molecule has 8 heteroatoms. The second-order valence-corrected chi connectivity index (χ2v) is 9.06. The number of aliphatic imine (C=N–C) groups is 2. The molecule has 0 N–H and O–H groups in total. The van der Waals surface area contributed by atoms with E-state index >= 15 is 0 Å². The summed E-state index contributed by atoms with van der Waals surface area (Å²) in [7, 11) is 0. The van der Waals surface area contributed by atoms with Gasteiger partial charge in [-0.05, 0) is 50.0 Å². The van der Waals surface area contributed by atoms with Crippen LogP contribution in [0.1, 0.15) is 36.0 Å². The summed E-state index contributed by atoms with van der Waals surface area (Å²) in [5.74, 6) is 1.11. The van der Waals surface area contributed by atoms with Crippen LogP contribution in [0.25, 0.3) is 0 Å². The van der Waals surface area contributed by atoms with Gasteiger partial charge in [-0.2, -0.15) is 0 Å². The molecule has 2 fully saturated rings. The highest BCUT2D eigenvalue weighted by atomic mass is 16.7. The third kappa shape index (κ3) is 3.63. The first kappa shape index (κ1) is 20.2. The van der Waals surface area contributed by atoms with Gasteiger partial charge >= 0.3 is 0 Å². The Labute approximate surface area is 192 Å². The van der Waals surface area contributed by atoms with E-state index in [1.807, 2.05) is 40.5 Å². The van der Waals surface area contributed by atoms with Crippen molar-refractivity contribution < 1.29 is 19.1 Å². The molecule has 0 spiro atoms. The minimum Gasteiger partial charge on any atom is -0.458 e. The van der Waals surface area contributed by atoms with Crippen LogP contribution in [0.5, 0.6) is 5.75 Å². The maximum atomic E-state index is 12.9. The number of fused-ring (bicyclic) bond motifs is 4. The van der Waals surface area contributed by atoms with Crippen molar-refractivity contribution in [3.8, 4) is 5.75 Å². The molecule has 4 heterocycles. The molecule has 1 aliphatic carbocycles. The van der Waals surface area contributed by atoms with E-state index in [1.165, 1.54) is 0 Å². The number of carbonyl (C=O) groups excluding carboxylic acids is 2. The predicted molar refractivity (Wildman–Crippen MR) is 123 cm³/mol. The standard InChI is InChI=1S/C25H26N4O4/c30-24-20-7-5-18(11-22(20)26-13-16-3-1-9-28(16)24)32-15-33-19-6-8-21-23(12-19)27-14-17-4-2-10-29(17)25(21)31/h5-8,11-14,16-17,20,22H,1-4,9-10,15H2/t16-,17-,20?,22?/m0/s1.